The Balaban J connectivity index is 1.59. The molecule has 1 saturated heterocycles. The monoisotopic (exact) mass is 364 g/mol. The lowest BCUT2D eigenvalue weighted by Crippen LogP contribution is -2.39. The second-order valence-electron chi connectivity index (χ2n) is 7.06. The van der Waals surface area contributed by atoms with Crippen molar-refractivity contribution >= 4 is 23.3 Å². The Bertz CT molecular complexity index is 852. The molecular weight excluding hydrogens is 344 g/mol. The fraction of sp³-hybridized carbons (Fsp3) is 0.350. The van der Waals surface area contributed by atoms with Gasteiger partial charge in [-0.3, -0.25) is 14.4 Å². The van der Waals surface area contributed by atoms with Crippen LogP contribution in [-0.4, -0.2) is 40.2 Å². The van der Waals surface area contributed by atoms with E-state index in [4.69, 9.17) is 0 Å². The Kier molecular flexibility index (Phi) is 4.66. The highest BCUT2D eigenvalue weighted by Crippen LogP contribution is 2.32. The van der Waals surface area contributed by atoms with E-state index >= 15 is 0 Å². The quantitative estimate of drug-likeness (QED) is 0.776. The fourth-order valence-corrected chi connectivity index (χ4v) is 3.47. The fourth-order valence-electron chi connectivity index (χ4n) is 3.47. The van der Waals surface area contributed by atoms with E-state index in [1.165, 1.54) is 11.2 Å². The molecular formula is C20H20N4O3. The molecule has 4 rings (SSSR count). The van der Waals surface area contributed by atoms with Crippen molar-refractivity contribution in [2.75, 3.05) is 11.4 Å². The van der Waals surface area contributed by atoms with Crippen molar-refractivity contribution in [1.29, 1.82) is 0 Å². The van der Waals surface area contributed by atoms with Crippen LogP contribution in [0, 0.1) is 11.8 Å². The number of benzene rings is 1. The zero-order valence-corrected chi connectivity index (χ0v) is 14.7. The maximum absolute atomic E-state index is 13.1. The predicted octanol–water partition coefficient (Wildman–Crippen LogP) is 1.15. The van der Waals surface area contributed by atoms with Gasteiger partial charge in [0, 0.05) is 12.6 Å². The molecule has 1 aliphatic heterocycles. The first-order valence-electron chi connectivity index (χ1n) is 9.08. The smallest absolute Gasteiger partial charge is 0.287 e. The summed E-state index contributed by atoms with van der Waals surface area (Å²) in [5.41, 5.74) is 1.50. The third-order valence-electron chi connectivity index (χ3n) is 5.08. The molecule has 1 aromatic heterocycles. The number of hydrogen-bond donors (Lipinski definition) is 1. The number of carbonyl (C=O) groups excluding carboxylic acids is 3. The van der Waals surface area contributed by atoms with Gasteiger partial charge in [-0.05, 0) is 24.8 Å². The minimum absolute atomic E-state index is 0.102. The van der Waals surface area contributed by atoms with Crippen molar-refractivity contribution < 1.29 is 14.4 Å². The molecule has 2 amide bonds. The molecule has 7 heteroatoms. The third kappa shape index (κ3) is 3.72. The second kappa shape index (κ2) is 7.26. The molecule has 1 N–H and O–H groups in total. The molecule has 27 heavy (non-hydrogen) atoms. The van der Waals surface area contributed by atoms with Gasteiger partial charge in [-0.25, -0.2) is 9.97 Å². The van der Waals surface area contributed by atoms with Crippen LogP contribution >= 0.6 is 0 Å². The van der Waals surface area contributed by atoms with E-state index in [2.05, 4.69) is 15.3 Å². The molecule has 2 fully saturated rings. The van der Waals surface area contributed by atoms with Crippen molar-refractivity contribution in [2.24, 2.45) is 11.8 Å². The van der Waals surface area contributed by atoms with Crippen molar-refractivity contribution in [3.05, 3.63) is 54.6 Å². The molecule has 2 heterocycles. The molecule has 7 nitrogen and oxygen atoms in total. The van der Waals surface area contributed by atoms with Crippen molar-refractivity contribution in [3.8, 4) is 0 Å². The minimum atomic E-state index is -0.684. The van der Waals surface area contributed by atoms with Crippen LogP contribution in [0.4, 0.5) is 5.69 Å². The normalized spacial score (nSPS) is 21.9. The molecule has 0 radical (unpaired) electrons. The highest BCUT2D eigenvalue weighted by atomic mass is 16.2. The number of nitrogens with zero attached hydrogens (tertiary/aromatic N) is 3. The Labute approximate surface area is 156 Å². The maximum Gasteiger partial charge on any atom is 0.287 e. The van der Waals surface area contributed by atoms with Crippen LogP contribution in [0.5, 0.6) is 0 Å². The summed E-state index contributed by atoms with van der Waals surface area (Å²) in [7, 11) is 0. The van der Waals surface area contributed by atoms with Gasteiger partial charge in [-0.2, -0.15) is 0 Å². The van der Waals surface area contributed by atoms with Crippen LogP contribution in [-0.2, 0) is 20.8 Å². The number of ketones is 1. The first-order valence-corrected chi connectivity index (χ1v) is 9.08. The lowest BCUT2D eigenvalue weighted by Gasteiger charge is -2.15. The van der Waals surface area contributed by atoms with Gasteiger partial charge in [0.25, 0.3) is 5.91 Å². The van der Waals surface area contributed by atoms with Gasteiger partial charge < -0.3 is 10.2 Å². The Morgan fingerprint density at radius 1 is 1.11 bits per heavy atom. The zero-order valence-electron chi connectivity index (χ0n) is 14.7. The van der Waals surface area contributed by atoms with E-state index < -0.39 is 23.5 Å². The first-order chi connectivity index (χ1) is 13.1. The number of rotatable bonds is 6. The third-order valence-corrected chi connectivity index (χ3v) is 5.08. The summed E-state index contributed by atoms with van der Waals surface area (Å²) in [6.07, 6.45) is 6.70. The van der Waals surface area contributed by atoms with Crippen molar-refractivity contribution in [1.82, 2.24) is 15.3 Å². The van der Waals surface area contributed by atoms with Gasteiger partial charge in [-0.15, -0.1) is 0 Å². The SMILES string of the molecule is O=C(NC1CC1)C(=O)[C@@H]1CN(c2cncnc2)C(=O)[C@H]1Cc1ccccc1. The van der Waals surface area contributed by atoms with Gasteiger partial charge in [0.15, 0.2) is 0 Å². The van der Waals surface area contributed by atoms with E-state index in [1.807, 2.05) is 30.3 Å². The number of anilines is 1. The van der Waals surface area contributed by atoms with Crippen LogP contribution in [0.3, 0.4) is 0 Å². The maximum atomic E-state index is 13.1. The average Bonchev–Trinajstić information content (AvgIpc) is 3.46. The van der Waals surface area contributed by atoms with Crippen molar-refractivity contribution in [2.45, 2.75) is 25.3 Å². The molecule has 2 aromatic rings. The standard InChI is InChI=1S/C20H20N4O3/c25-18(19(26)23-14-6-7-14)17-11-24(15-9-21-12-22-10-15)20(27)16(17)8-13-4-2-1-3-5-13/h1-5,9-10,12,14,16-17H,6-8,11H2,(H,23,26)/t16-,17+/m0/s1. The van der Waals surface area contributed by atoms with Crippen LogP contribution in [0.15, 0.2) is 49.1 Å². The molecule has 1 aromatic carbocycles. The number of amides is 2. The lowest BCUT2D eigenvalue weighted by molar-refractivity contribution is -0.141. The summed E-state index contributed by atoms with van der Waals surface area (Å²) in [5, 5.41) is 2.74. The zero-order chi connectivity index (χ0) is 18.8. The number of carbonyl (C=O) groups is 3. The van der Waals surface area contributed by atoms with Crippen LogP contribution in [0.1, 0.15) is 18.4 Å². The Hall–Kier alpha value is -3.09. The van der Waals surface area contributed by atoms with Crippen LogP contribution < -0.4 is 10.2 Å². The predicted molar refractivity (Wildman–Crippen MR) is 97.7 cm³/mol. The molecule has 1 saturated carbocycles. The molecule has 1 aliphatic carbocycles. The molecule has 2 atom stereocenters. The number of Topliss-reactive ketones (excluding diaryl/α,β-unsaturated/α-hetero) is 1. The van der Waals surface area contributed by atoms with Crippen molar-refractivity contribution in [3.63, 3.8) is 0 Å². The van der Waals surface area contributed by atoms with Crippen LogP contribution in [0.2, 0.25) is 0 Å². The summed E-state index contributed by atoms with van der Waals surface area (Å²) in [6, 6.07) is 9.65. The lowest BCUT2D eigenvalue weighted by atomic mass is 9.86. The Morgan fingerprint density at radius 3 is 2.48 bits per heavy atom. The van der Waals surface area contributed by atoms with Gasteiger partial charge >= 0.3 is 0 Å². The Morgan fingerprint density at radius 2 is 1.81 bits per heavy atom. The molecule has 0 bridgehead atoms. The second-order valence-corrected chi connectivity index (χ2v) is 7.06. The largest absolute Gasteiger partial charge is 0.347 e. The summed E-state index contributed by atoms with van der Waals surface area (Å²) >= 11 is 0. The van der Waals surface area contributed by atoms with Crippen LogP contribution in [0.25, 0.3) is 0 Å². The van der Waals surface area contributed by atoms with Gasteiger partial charge in [0.1, 0.15) is 6.33 Å². The average molecular weight is 364 g/mol. The number of hydrogen-bond acceptors (Lipinski definition) is 5. The molecule has 138 valence electrons. The summed E-state index contributed by atoms with van der Waals surface area (Å²) in [6.45, 7) is 0.167. The molecule has 0 spiro atoms. The molecule has 2 aliphatic rings. The van der Waals surface area contributed by atoms with E-state index in [-0.39, 0.29) is 18.5 Å². The number of nitrogens with one attached hydrogen (secondary N) is 1. The van der Waals surface area contributed by atoms with E-state index in [1.54, 1.807) is 12.4 Å². The van der Waals surface area contributed by atoms with E-state index in [0.29, 0.717) is 12.1 Å². The van der Waals surface area contributed by atoms with Gasteiger partial charge in [-0.1, -0.05) is 30.3 Å². The van der Waals surface area contributed by atoms with E-state index in [9.17, 15) is 14.4 Å². The summed E-state index contributed by atoms with van der Waals surface area (Å²) < 4.78 is 0. The minimum Gasteiger partial charge on any atom is -0.347 e. The summed E-state index contributed by atoms with van der Waals surface area (Å²) in [4.78, 5) is 47.6. The highest BCUT2D eigenvalue weighted by molar-refractivity contribution is 6.38. The van der Waals surface area contributed by atoms with E-state index in [0.717, 1.165) is 18.4 Å². The van der Waals surface area contributed by atoms with Gasteiger partial charge in [0.05, 0.1) is 29.9 Å². The molecule has 0 unspecified atom stereocenters. The van der Waals surface area contributed by atoms with Gasteiger partial charge in [0.2, 0.25) is 11.7 Å². The number of aromatic nitrogens is 2. The topological polar surface area (TPSA) is 92.3 Å². The summed E-state index contributed by atoms with van der Waals surface area (Å²) in [5.74, 6) is -2.54. The highest BCUT2D eigenvalue weighted by Gasteiger charge is 2.47. The first kappa shape index (κ1) is 17.3.